The summed E-state index contributed by atoms with van der Waals surface area (Å²) < 4.78 is 79.9. The van der Waals surface area contributed by atoms with E-state index >= 15 is 0 Å². The summed E-state index contributed by atoms with van der Waals surface area (Å²) in [4.78, 5) is 19.3. The van der Waals surface area contributed by atoms with Crippen molar-refractivity contribution in [3.05, 3.63) is 71.8 Å². The minimum atomic E-state index is -4.60. The molecule has 3 aromatic heterocycles. The highest BCUT2D eigenvalue weighted by Crippen LogP contribution is 2.37. The van der Waals surface area contributed by atoms with E-state index in [1.165, 1.54) is 30.5 Å². The summed E-state index contributed by atoms with van der Waals surface area (Å²) in [6, 6.07) is 8.87. The monoisotopic (exact) mass is 546 g/mol. The molecule has 0 radical (unpaired) electrons. The number of aromatic nitrogens is 4. The SMILES string of the molecule is CC1CCN(Cc2nc(Nc3ccc(C(F)(F)F)cn3)c3ccc(-c4ncccc4C(F)(F)F)cc3n2)CC1. The Hall–Kier alpha value is -3.80. The molecule has 0 amide bonds. The van der Waals surface area contributed by atoms with Crippen LogP contribution in [0.15, 0.2) is 54.9 Å². The van der Waals surface area contributed by atoms with Gasteiger partial charge in [-0.3, -0.25) is 9.88 Å². The molecule has 1 aliphatic heterocycles. The van der Waals surface area contributed by atoms with E-state index in [0.717, 1.165) is 44.3 Å². The standard InChI is InChI=1S/C27H24F6N6/c1-16-8-11-39(12-9-16)15-23-36-21-13-17(24-20(27(31,32)33)3-2-10-34-24)4-6-19(21)25(38-23)37-22-7-5-18(14-35-22)26(28,29)30/h2-7,10,13-14,16H,8-9,11-12,15H2,1H3,(H,35,36,37,38). The largest absolute Gasteiger partial charge is 0.418 e. The molecule has 5 rings (SSSR count). The van der Waals surface area contributed by atoms with Crippen molar-refractivity contribution in [1.29, 1.82) is 0 Å². The molecule has 6 nitrogen and oxygen atoms in total. The maximum Gasteiger partial charge on any atom is 0.418 e. The summed E-state index contributed by atoms with van der Waals surface area (Å²) in [5, 5.41) is 3.43. The summed E-state index contributed by atoms with van der Waals surface area (Å²) >= 11 is 0. The van der Waals surface area contributed by atoms with Crippen molar-refractivity contribution < 1.29 is 26.3 Å². The second kappa shape index (κ2) is 10.4. The Kier molecular flexibility index (Phi) is 7.15. The van der Waals surface area contributed by atoms with Crippen LogP contribution in [0, 0.1) is 5.92 Å². The zero-order valence-electron chi connectivity index (χ0n) is 20.8. The number of fused-ring (bicyclic) bond motifs is 1. The molecule has 1 N–H and O–H groups in total. The van der Waals surface area contributed by atoms with Crippen molar-refractivity contribution in [3.63, 3.8) is 0 Å². The summed E-state index contributed by atoms with van der Waals surface area (Å²) in [6.07, 6.45) is -5.05. The average Bonchev–Trinajstić information content (AvgIpc) is 2.89. The van der Waals surface area contributed by atoms with Gasteiger partial charge in [-0.25, -0.2) is 15.0 Å². The number of likely N-dealkylation sites (tertiary alicyclic amines) is 1. The third kappa shape index (κ3) is 6.11. The van der Waals surface area contributed by atoms with Crippen LogP contribution in [-0.2, 0) is 18.9 Å². The van der Waals surface area contributed by atoms with Crippen molar-refractivity contribution in [1.82, 2.24) is 24.8 Å². The minimum absolute atomic E-state index is 0.133. The van der Waals surface area contributed by atoms with Crippen molar-refractivity contribution >= 4 is 22.5 Å². The Morgan fingerprint density at radius 2 is 1.69 bits per heavy atom. The number of hydrogen-bond acceptors (Lipinski definition) is 6. The summed E-state index contributed by atoms with van der Waals surface area (Å²) in [5.74, 6) is 1.47. The molecule has 1 fully saturated rings. The highest BCUT2D eigenvalue weighted by atomic mass is 19.4. The molecule has 1 saturated heterocycles. The predicted octanol–water partition coefficient (Wildman–Crippen LogP) is 7.10. The van der Waals surface area contributed by atoms with Crippen LogP contribution in [0.2, 0.25) is 0 Å². The Labute approximate surface area is 220 Å². The van der Waals surface area contributed by atoms with Gasteiger partial charge in [-0.2, -0.15) is 26.3 Å². The highest BCUT2D eigenvalue weighted by Gasteiger charge is 2.34. The van der Waals surface area contributed by atoms with Crippen LogP contribution >= 0.6 is 0 Å². The molecule has 12 heteroatoms. The number of halogens is 6. The van der Waals surface area contributed by atoms with Crippen LogP contribution in [0.25, 0.3) is 22.2 Å². The Morgan fingerprint density at radius 3 is 2.36 bits per heavy atom. The Bertz CT molecular complexity index is 1460. The van der Waals surface area contributed by atoms with Gasteiger partial charge in [-0.15, -0.1) is 0 Å². The molecular weight excluding hydrogens is 522 g/mol. The number of anilines is 2. The Morgan fingerprint density at radius 1 is 0.923 bits per heavy atom. The van der Waals surface area contributed by atoms with Gasteiger partial charge in [0.05, 0.1) is 28.9 Å². The second-order valence-corrected chi connectivity index (χ2v) is 9.63. The van der Waals surface area contributed by atoms with Gasteiger partial charge in [0.25, 0.3) is 0 Å². The first-order valence-electron chi connectivity index (χ1n) is 12.3. The van der Waals surface area contributed by atoms with Crippen molar-refractivity contribution in [2.24, 2.45) is 5.92 Å². The Balaban J connectivity index is 1.56. The van der Waals surface area contributed by atoms with E-state index in [1.807, 2.05) is 0 Å². The van der Waals surface area contributed by atoms with Crippen LogP contribution in [-0.4, -0.2) is 37.9 Å². The van der Waals surface area contributed by atoms with Crippen LogP contribution < -0.4 is 5.32 Å². The average molecular weight is 547 g/mol. The van der Waals surface area contributed by atoms with Crippen LogP contribution in [0.3, 0.4) is 0 Å². The number of nitrogens with one attached hydrogen (secondary N) is 1. The van der Waals surface area contributed by atoms with Gasteiger partial charge >= 0.3 is 12.4 Å². The highest BCUT2D eigenvalue weighted by molar-refractivity contribution is 5.93. The van der Waals surface area contributed by atoms with Gasteiger partial charge in [0.1, 0.15) is 17.5 Å². The fourth-order valence-corrected chi connectivity index (χ4v) is 4.53. The third-order valence-corrected chi connectivity index (χ3v) is 6.71. The van der Waals surface area contributed by atoms with Gasteiger partial charge in [-0.1, -0.05) is 13.0 Å². The maximum atomic E-state index is 13.7. The summed E-state index contributed by atoms with van der Waals surface area (Å²) in [5.41, 5.74) is -1.38. The summed E-state index contributed by atoms with van der Waals surface area (Å²) in [6.45, 7) is 4.32. The van der Waals surface area contributed by atoms with Gasteiger partial charge in [-0.05, 0) is 68.2 Å². The zero-order valence-corrected chi connectivity index (χ0v) is 20.8. The minimum Gasteiger partial charge on any atom is -0.324 e. The first-order valence-corrected chi connectivity index (χ1v) is 12.3. The van der Waals surface area contributed by atoms with Gasteiger partial charge < -0.3 is 5.32 Å². The van der Waals surface area contributed by atoms with Crippen molar-refractivity contribution in [2.75, 3.05) is 18.4 Å². The van der Waals surface area contributed by atoms with E-state index in [4.69, 9.17) is 0 Å². The van der Waals surface area contributed by atoms with E-state index in [9.17, 15) is 26.3 Å². The molecule has 0 aliphatic carbocycles. The molecule has 0 spiro atoms. The topological polar surface area (TPSA) is 66.8 Å². The molecule has 1 aliphatic rings. The van der Waals surface area contributed by atoms with E-state index in [-0.39, 0.29) is 22.9 Å². The fourth-order valence-electron chi connectivity index (χ4n) is 4.53. The lowest BCUT2D eigenvalue weighted by Crippen LogP contribution is -2.33. The zero-order chi connectivity index (χ0) is 27.8. The lowest BCUT2D eigenvalue weighted by molar-refractivity contribution is -0.138. The molecule has 204 valence electrons. The molecule has 0 saturated carbocycles. The number of pyridine rings is 2. The van der Waals surface area contributed by atoms with Crippen LogP contribution in [0.4, 0.5) is 38.0 Å². The first-order chi connectivity index (χ1) is 18.5. The first kappa shape index (κ1) is 26.8. The molecule has 0 bridgehead atoms. The number of rotatable bonds is 5. The quantitative estimate of drug-likeness (QED) is 0.270. The van der Waals surface area contributed by atoms with Gasteiger partial charge in [0.2, 0.25) is 0 Å². The second-order valence-electron chi connectivity index (χ2n) is 9.63. The maximum absolute atomic E-state index is 13.7. The van der Waals surface area contributed by atoms with Crippen molar-refractivity contribution in [3.8, 4) is 11.3 Å². The molecule has 39 heavy (non-hydrogen) atoms. The number of piperidine rings is 1. The lowest BCUT2D eigenvalue weighted by atomic mass is 9.99. The van der Waals surface area contributed by atoms with E-state index in [1.54, 1.807) is 6.07 Å². The normalized spacial score (nSPS) is 15.6. The van der Waals surface area contributed by atoms with E-state index in [0.29, 0.717) is 29.2 Å². The van der Waals surface area contributed by atoms with E-state index < -0.39 is 23.5 Å². The molecular formula is C27H24F6N6. The number of alkyl halides is 6. The summed E-state index contributed by atoms with van der Waals surface area (Å²) in [7, 11) is 0. The number of nitrogens with zero attached hydrogens (tertiary/aromatic N) is 5. The molecule has 1 aromatic carbocycles. The molecule has 4 aromatic rings. The van der Waals surface area contributed by atoms with Gasteiger partial charge in [0, 0.05) is 23.3 Å². The smallest absolute Gasteiger partial charge is 0.324 e. The number of hydrogen-bond donors (Lipinski definition) is 1. The molecule has 4 heterocycles. The number of benzene rings is 1. The molecule has 0 atom stereocenters. The predicted molar refractivity (Wildman–Crippen MR) is 134 cm³/mol. The fraction of sp³-hybridized carbons (Fsp3) is 0.333. The molecule has 0 unspecified atom stereocenters. The third-order valence-electron chi connectivity index (χ3n) is 6.71. The van der Waals surface area contributed by atoms with E-state index in [2.05, 4.69) is 37.1 Å². The van der Waals surface area contributed by atoms with Gasteiger partial charge in [0.15, 0.2) is 0 Å². The lowest BCUT2D eigenvalue weighted by Gasteiger charge is -2.29. The van der Waals surface area contributed by atoms with Crippen LogP contribution in [0.1, 0.15) is 36.7 Å². The van der Waals surface area contributed by atoms with Crippen LogP contribution in [0.5, 0.6) is 0 Å². The van der Waals surface area contributed by atoms with Crippen molar-refractivity contribution in [2.45, 2.75) is 38.7 Å².